The highest BCUT2D eigenvalue weighted by Crippen LogP contribution is 2.22. The van der Waals surface area contributed by atoms with E-state index in [1.54, 1.807) is 0 Å². The summed E-state index contributed by atoms with van der Waals surface area (Å²) in [4.78, 5) is 15.9. The minimum atomic E-state index is -0.232. The Balaban J connectivity index is 1.91. The maximum Gasteiger partial charge on any atom is 0.258 e. The Morgan fingerprint density at radius 1 is 1.55 bits per heavy atom. The van der Waals surface area contributed by atoms with Crippen LogP contribution in [0, 0.1) is 19.3 Å². The number of pyridine rings is 1. The molecule has 0 aliphatic heterocycles. The first-order chi connectivity index (χ1) is 9.69. The molecule has 1 aliphatic rings. The van der Waals surface area contributed by atoms with Gasteiger partial charge in [-0.25, -0.2) is 0 Å². The summed E-state index contributed by atoms with van der Waals surface area (Å²) in [6.45, 7) is 2.75. The number of carbonyl (C=O) groups excluding carboxylic acids is 1. The van der Waals surface area contributed by atoms with E-state index in [-0.39, 0.29) is 19.1 Å². The third-order valence-corrected chi connectivity index (χ3v) is 2.95. The monoisotopic (exact) mass is 273 g/mol. The van der Waals surface area contributed by atoms with Gasteiger partial charge >= 0.3 is 0 Å². The number of carbonyl (C=O) groups is 1. The Hall–Kier alpha value is -2.06. The van der Waals surface area contributed by atoms with Gasteiger partial charge in [0.2, 0.25) is 0 Å². The molecule has 2 rings (SSSR count). The summed E-state index contributed by atoms with van der Waals surface area (Å²) >= 11 is 0. The second-order valence-electron chi connectivity index (χ2n) is 4.82. The second-order valence-corrected chi connectivity index (χ2v) is 4.82. The Labute approximate surface area is 119 Å². The molecule has 0 saturated heterocycles. The van der Waals surface area contributed by atoms with Gasteiger partial charge in [0.15, 0.2) is 6.61 Å². The van der Waals surface area contributed by atoms with E-state index in [1.165, 1.54) is 12.8 Å². The fourth-order valence-electron chi connectivity index (χ4n) is 1.73. The van der Waals surface area contributed by atoms with Crippen molar-refractivity contribution >= 4 is 5.91 Å². The normalized spacial score (nSPS) is 13.6. The third kappa shape index (κ3) is 4.56. The quantitative estimate of drug-likeness (QED) is 0.720. The summed E-state index contributed by atoms with van der Waals surface area (Å²) in [5.41, 5.74) is 1.77. The summed E-state index contributed by atoms with van der Waals surface area (Å²) < 4.78 is 5.52. The molecule has 0 spiro atoms. The second kappa shape index (κ2) is 6.92. The minimum Gasteiger partial charge on any atom is -0.482 e. The number of aryl methyl sites for hydroxylation is 1. The van der Waals surface area contributed by atoms with E-state index in [1.807, 2.05) is 19.1 Å². The molecule has 0 radical (unpaired) electrons. The first-order valence-corrected chi connectivity index (χ1v) is 6.72. The number of ether oxygens (including phenoxy) is 1. The van der Waals surface area contributed by atoms with E-state index in [0.29, 0.717) is 18.3 Å². The molecular weight excluding hydrogens is 254 g/mol. The van der Waals surface area contributed by atoms with Gasteiger partial charge in [0, 0.05) is 18.3 Å². The van der Waals surface area contributed by atoms with E-state index >= 15 is 0 Å². The summed E-state index contributed by atoms with van der Waals surface area (Å²) in [5, 5.41) is 5.95. The predicted molar refractivity (Wildman–Crippen MR) is 76.2 cm³/mol. The lowest BCUT2D eigenvalue weighted by atomic mass is 10.3. The number of terminal acetylenes is 1. The van der Waals surface area contributed by atoms with Crippen LogP contribution < -0.4 is 15.4 Å². The molecule has 0 bridgehead atoms. The Bertz CT molecular complexity index is 518. The van der Waals surface area contributed by atoms with Crippen molar-refractivity contribution in [2.45, 2.75) is 32.4 Å². The molecule has 2 N–H and O–H groups in total. The fourth-order valence-corrected chi connectivity index (χ4v) is 1.73. The number of rotatable bonds is 7. The van der Waals surface area contributed by atoms with Crippen molar-refractivity contribution in [3.05, 3.63) is 23.5 Å². The number of nitrogens with one attached hydrogen (secondary N) is 2. The van der Waals surface area contributed by atoms with Crippen molar-refractivity contribution < 1.29 is 9.53 Å². The first kappa shape index (κ1) is 14.4. The number of hydrogen-bond donors (Lipinski definition) is 2. The van der Waals surface area contributed by atoms with E-state index in [4.69, 9.17) is 11.2 Å². The van der Waals surface area contributed by atoms with Crippen LogP contribution in [0.4, 0.5) is 0 Å². The van der Waals surface area contributed by atoms with Crippen LogP contribution in [-0.2, 0) is 11.3 Å². The summed E-state index contributed by atoms with van der Waals surface area (Å²) in [6.07, 6.45) is 7.51. The zero-order chi connectivity index (χ0) is 14.4. The molecule has 1 aromatic rings. The van der Waals surface area contributed by atoms with Crippen LogP contribution >= 0.6 is 0 Å². The van der Waals surface area contributed by atoms with Gasteiger partial charge in [0.05, 0.1) is 12.2 Å². The van der Waals surface area contributed by atoms with Crippen molar-refractivity contribution in [2.75, 3.05) is 13.2 Å². The minimum absolute atomic E-state index is 0.0527. The average molecular weight is 273 g/mol. The molecule has 1 amide bonds. The summed E-state index contributed by atoms with van der Waals surface area (Å²) in [5.74, 6) is 2.75. The highest BCUT2D eigenvalue weighted by molar-refractivity contribution is 5.77. The molecule has 5 heteroatoms. The van der Waals surface area contributed by atoms with Crippen molar-refractivity contribution in [1.29, 1.82) is 0 Å². The number of nitrogens with zero attached hydrogens (tertiary/aromatic N) is 1. The lowest BCUT2D eigenvalue weighted by Gasteiger charge is -2.11. The van der Waals surface area contributed by atoms with E-state index in [0.717, 1.165) is 11.4 Å². The van der Waals surface area contributed by atoms with Crippen LogP contribution in [0.15, 0.2) is 12.1 Å². The van der Waals surface area contributed by atoms with Crippen LogP contribution in [0.1, 0.15) is 24.2 Å². The number of aromatic nitrogens is 1. The molecule has 20 heavy (non-hydrogen) atoms. The van der Waals surface area contributed by atoms with Crippen LogP contribution in [0.3, 0.4) is 0 Å². The van der Waals surface area contributed by atoms with Crippen LogP contribution in [0.2, 0.25) is 0 Å². The van der Waals surface area contributed by atoms with Gasteiger partial charge in [-0.1, -0.05) is 5.92 Å². The molecule has 0 unspecified atom stereocenters. The Morgan fingerprint density at radius 2 is 2.35 bits per heavy atom. The maximum atomic E-state index is 11.5. The van der Waals surface area contributed by atoms with Gasteiger partial charge in [-0.05, 0) is 31.9 Å². The van der Waals surface area contributed by atoms with Crippen molar-refractivity contribution in [3.8, 4) is 18.1 Å². The molecule has 1 saturated carbocycles. The lowest BCUT2D eigenvalue weighted by Crippen LogP contribution is -2.29. The van der Waals surface area contributed by atoms with E-state index < -0.39 is 0 Å². The van der Waals surface area contributed by atoms with Crippen LogP contribution in [0.25, 0.3) is 0 Å². The summed E-state index contributed by atoms with van der Waals surface area (Å²) in [7, 11) is 0. The van der Waals surface area contributed by atoms with E-state index in [9.17, 15) is 4.79 Å². The Kier molecular flexibility index (Phi) is 4.97. The molecule has 1 fully saturated rings. The third-order valence-electron chi connectivity index (χ3n) is 2.95. The number of amides is 1. The zero-order valence-electron chi connectivity index (χ0n) is 11.6. The molecule has 1 aromatic heterocycles. The molecule has 1 aliphatic carbocycles. The summed E-state index contributed by atoms with van der Waals surface area (Å²) in [6, 6.07) is 4.32. The highest BCUT2D eigenvalue weighted by Gasteiger charge is 2.21. The topological polar surface area (TPSA) is 63.2 Å². The smallest absolute Gasteiger partial charge is 0.258 e. The molecule has 0 atom stereocenters. The molecule has 1 heterocycles. The maximum absolute atomic E-state index is 11.5. The zero-order valence-corrected chi connectivity index (χ0v) is 11.6. The van der Waals surface area contributed by atoms with Crippen LogP contribution in [0.5, 0.6) is 5.75 Å². The van der Waals surface area contributed by atoms with Gasteiger partial charge in [-0.15, -0.1) is 6.42 Å². The highest BCUT2D eigenvalue weighted by atomic mass is 16.5. The molecular formula is C15H19N3O2. The van der Waals surface area contributed by atoms with Gasteiger partial charge in [-0.3, -0.25) is 9.78 Å². The van der Waals surface area contributed by atoms with Crippen molar-refractivity contribution in [2.24, 2.45) is 0 Å². The Morgan fingerprint density at radius 3 is 3.05 bits per heavy atom. The van der Waals surface area contributed by atoms with Gasteiger partial charge in [0.1, 0.15) is 5.75 Å². The van der Waals surface area contributed by atoms with Crippen LogP contribution in [-0.4, -0.2) is 30.1 Å². The average Bonchev–Trinajstić information content (AvgIpc) is 3.26. The standard InChI is InChI=1S/C15H19N3O2/c1-3-8-16-15(19)10-20-14-7-4-11(2)18-13(14)9-17-12-5-6-12/h1,4,7,12,17H,5-6,8-10H2,2H3,(H,16,19). The van der Waals surface area contributed by atoms with E-state index in [2.05, 4.69) is 21.5 Å². The fraction of sp³-hybridized carbons (Fsp3) is 0.467. The van der Waals surface area contributed by atoms with Crippen molar-refractivity contribution in [3.63, 3.8) is 0 Å². The van der Waals surface area contributed by atoms with Gasteiger partial charge in [-0.2, -0.15) is 0 Å². The molecule has 0 aromatic carbocycles. The SMILES string of the molecule is C#CCNC(=O)COc1ccc(C)nc1CNC1CC1. The van der Waals surface area contributed by atoms with Crippen molar-refractivity contribution in [1.82, 2.24) is 15.6 Å². The first-order valence-electron chi connectivity index (χ1n) is 6.72. The molecule has 5 nitrogen and oxygen atoms in total. The number of hydrogen-bond acceptors (Lipinski definition) is 4. The predicted octanol–water partition coefficient (Wildman–Crippen LogP) is 0.770. The van der Waals surface area contributed by atoms with Gasteiger partial charge < -0.3 is 15.4 Å². The lowest BCUT2D eigenvalue weighted by molar-refractivity contribution is -0.122. The molecule has 106 valence electrons. The largest absolute Gasteiger partial charge is 0.482 e. The van der Waals surface area contributed by atoms with Gasteiger partial charge in [0.25, 0.3) is 5.91 Å².